The van der Waals surface area contributed by atoms with Gasteiger partial charge in [0.25, 0.3) is 0 Å². The van der Waals surface area contributed by atoms with Gasteiger partial charge in [0.05, 0.1) is 5.02 Å². The number of carbonyl (C=O) groups is 1. The fraction of sp³-hybridized carbons (Fsp3) is 0.364. The third kappa shape index (κ3) is 2.48. The van der Waals surface area contributed by atoms with E-state index in [4.69, 9.17) is 11.6 Å². The highest BCUT2D eigenvalue weighted by molar-refractivity contribution is 6.30. The molecule has 1 aliphatic carbocycles. The summed E-state index contributed by atoms with van der Waals surface area (Å²) in [5, 5.41) is 2.78. The summed E-state index contributed by atoms with van der Waals surface area (Å²) in [5.41, 5.74) is 0.427. The minimum Gasteiger partial charge on any atom is -0.352 e. The third-order valence-corrected chi connectivity index (χ3v) is 2.72. The van der Waals surface area contributed by atoms with Gasteiger partial charge in [0, 0.05) is 18.0 Å². The molecule has 0 saturated heterocycles. The van der Waals surface area contributed by atoms with Gasteiger partial charge in [-0.15, -0.1) is 0 Å². The molecule has 2 rings (SSSR count). The molecule has 1 aromatic carbocycles. The van der Waals surface area contributed by atoms with E-state index in [0.717, 1.165) is 12.8 Å². The average Bonchev–Trinajstić information content (AvgIpc) is 3.03. The lowest BCUT2D eigenvalue weighted by Gasteiger charge is -2.06. The Morgan fingerprint density at radius 1 is 1.53 bits per heavy atom. The van der Waals surface area contributed by atoms with Crippen LogP contribution in [0.4, 0.5) is 4.39 Å². The van der Waals surface area contributed by atoms with Gasteiger partial charge < -0.3 is 5.32 Å². The van der Waals surface area contributed by atoms with Crippen LogP contribution in [0.25, 0.3) is 0 Å². The molecule has 1 amide bonds. The number of hydrogen-bond donors (Lipinski definition) is 1. The van der Waals surface area contributed by atoms with Gasteiger partial charge in [-0.25, -0.2) is 4.39 Å². The van der Waals surface area contributed by atoms with Crippen LogP contribution in [-0.2, 0) is 11.3 Å². The second-order valence-corrected chi connectivity index (χ2v) is 4.11. The van der Waals surface area contributed by atoms with Crippen LogP contribution in [0.5, 0.6) is 0 Å². The molecule has 1 aromatic rings. The molecule has 0 atom stereocenters. The van der Waals surface area contributed by atoms with Crippen LogP contribution in [0, 0.1) is 11.7 Å². The second-order valence-electron chi connectivity index (χ2n) is 3.71. The highest BCUT2D eigenvalue weighted by Gasteiger charge is 2.29. The number of nitrogens with one attached hydrogen (secondary N) is 1. The molecule has 0 spiro atoms. The summed E-state index contributed by atoms with van der Waals surface area (Å²) in [4.78, 5) is 11.3. The van der Waals surface area contributed by atoms with Crippen molar-refractivity contribution in [3.05, 3.63) is 34.6 Å². The van der Waals surface area contributed by atoms with Crippen molar-refractivity contribution >= 4 is 17.5 Å². The summed E-state index contributed by atoms with van der Waals surface area (Å²) < 4.78 is 13.4. The Morgan fingerprint density at radius 3 is 2.93 bits per heavy atom. The van der Waals surface area contributed by atoms with Gasteiger partial charge in [-0.3, -0.25) is 4.79 Å². The lowest BCUT2D eigenvalue weighted by molar-refractivity contribution is -0.122. The maximum atomic E-state index is 13.4. The molecule has 15 heavy (non-hydrogen) atoms. The van der Waals surface area contributed by atoms with Gasteiger partial charge in [-0.2, -0.15) is 0 Å². The monoisotopic (exact) mass is 227 g/mol. The lowest BCUT2D eigenvalue weighted by atomic mass is 10.2. The van der Waals surface area contributed by atoms with Gasteiger partial charge in [0.1, 0.15) is 5.82 Å². The van der Waals surface area contributed by atoms with Crippen molar-refractivity contribution in [2.24, 2.45) is 5.92 Å². The fourth-order valence-electron chi connectivity index (χ4n) is 1.36. The number of hydrogen-bond acceptors (Lipinski definition) is 1. The predicted octanol–water partition coefficient (Wildman–Crippen LogP) is 2.51. The van der Waals surface area contributed by atoms with Crippen molar-refractivity contribution in [2.75, 3.05) is 0 Å². The molecule has 0 heterocycles. The number of rotatable bonds is 3. The molecule has 80 valence electrons. The van der Waals surface area contributed by atoms with E-state index in [1.165, 1.54) is 6.07 Å². The van der Waals surface area contributed by atoms with Crippen molar-refractivity contribution < 1.29 is 9.18 Å². The van der Waals surface area contributed by atoms with Crippen LogP contribution >= 0.6 is 11.6 Å². The summed E-state index contributed by atoms with van der Waals surface area (Å²) in [6, 6.07) is 4.78. The Labute approximate surface area is 92.4 Å². The van der Waals surface area contributed by atoms with Gasteiger partial charge >= 0.3 is 0 Å². The Kier molecular flexibility index (Phi) is 2.91. The smallest absolute Gasteiger partial charge is 0.223 e. The molecule has 1 fully saturated rings. The highest BCUT2D eigenvalue weighted by Crippen LogP contribution is 2.29. The van der Waals surface area contributed by atoms with E-state index < -0.39 is 5.82 Å². The minimum atomic E-state index is -0.449. The Bertz CT molecular complexity index is 390. The van der Waals surface area contributed by atoms with Crippen molar-refractivity contribution in [3.8, 4) is 0 Å². The second kappa shape index (κ2) is 4.19. The van der Waals surface area contributed by atoms with Crippen molar-refractivity contribution in [1.29, 1.82) is 0 Å². The summed E-state index contributed by atoms with van der Waals surface area (Å²) in [6.45, 7) is 0.210. The van der Waals surface area contributed by atoms with E-state index in [2.05, 4.69) is 5.32 Å². The van der Waals surface area contributed by atoms with Crippen LogP contribution < -0.4 is 5.32 Å². The van der Waals surface area contributed by atoms with E-state index >= 15 is 0 Å². The standard InChI is InChI=1S/C11H11ClFNO/c12-9-3-1-2-8(10(9)13)6-14-11(15)7-4-5-7/h1-3,7H,4-6H2,(H,14,15). The molecule has 1 N–H and O–H groups in total. The lowest BCUT2D eigenvalue weighted by Crippen LogP contribution is -2.24. The van der Waals surface area contributed by atoms with E-state index in [9.17, 15) is 9.18 Å². The fourth-order valence-corrected chi connectivity index (χ4v) is 1.55. The van der Waals surface area contributed by atoms with Crippen molar-refractivity contribution in [2.45, 2.75) is 19.4 Å². The van der Waals surface area contributed by atoms with Crippen LogP contribution in [-0.4, -0.2) is 5.91 Å². The Balaban J connectivity index is 1.98. The maximum absolute atomic E-state index is 13.4. The quantitative estimate of drug-likeness (QED) is 0.845. The maximum Gasteiger partial charge on any atom is 0.223 e. The number of halogens is 2. The normalized spacial score (nSPS) is 15.1. The van der Waals surface area contributed by atoms with Crippen molar-refractivity contribution in [1.82, 2.24) is 5.32 Å². The zero-order valence-corrected chi connectivity index (χ0v) is 8.85. The first-order valence-electron chi connectivity index (χ1n) is 4.89. The summed E-state index contributed by atoms with van der Waals surface area (Å²) in [5.74, 6) is -0.295. The first kappa shape index (κ1) is 10.4. The van der Waals surface area contributed by atoms with E-state index in [1.54, 1.807) is 12.1 Å². The summed E-state index contributed by atoms with van der Waals surface area (Å²) >= 11 is 5.62. The van der Waals surface area contributed by atoms with Crippen LogP contribution in [0.15, 0.2) is 18.2 Å². The highest BCUT2D eigenvalue weighted by atomic mass is 35.5. The third-order valence-electron chi connectivity index (χ3n) is 2.43. The predicted molar refractivity (Wildman–Crippen MR) is 56.0 cm³/mol. The Morgan fingerprint density at radius 2 is 2.27 bits per heavy atom. The molecule has 0 unspecified atom stereocenters. The first-order valence-corrected chi connectivity index (χ1v) is 5.27. The van der Waals surface area contributed by atoms with Gasteiger partial charge in [-0.05, 0) is 18.9 Å². The van der Waals surface area contributed by atoms with Crippen LogP contribution in [0.1, 0.15) is 18.4 Å². The molecule has 1 aliphatic rings. The zero-order valence-electron chi connectivity index (χ0n) is 8.09. The average molecular weight is 228 g/mol. The largest absolute Gasteiger partial charge is 0.352 e. The number of amides is 1. The SMILES string of the molecule is O=C(NCc1cccc(Cl)c1F)C1CC1. The molecule has 1 saturated carbocycles. The molecule has 0 aliphatic heterocycles. The number of carbonyl (C=O) groups excluding carboxylic acids is 1. The molecular weight excluding hydrogens is 217 g/mol. The van der Waals surface area contributed by atoms with Gasteiger partial charge in [-0.1, -0.05) is 23.7 Å². The van der Waals surface area contributed by atoms with Crippen molar-refractivity contribution in [3.63, 3.8) is 0 Å². The molecule has 0 aromatic heterocycles. The molecule has 4 heteroatoms. The van der Waals surface area contributed by atoms with Gasteiger partial charge in [0.2, 0.25) is 5.91 Å². The van der Waals surface area contributed by atoms with Crippen LogP contribution in [0.3, 0.4) is 0 Å². The van der Waals surface area contributed by atoms with Gasteiger partial charge in [0.15, 0.2) is 0 Å². The Hall–Kier alpha value is -1.09. The van der Waals surface area contributed by atoms with E-state index in [0.29, 0.717) is 5.56 Å². The molecular formula is C11H11ClFNO. The first-order chi connectivity index (χ1) is 7.18. The molecule has 0 radical (unpaired) electrons. The van der Waals surface area contributed by atoms with E-state index in [1.807, 2.05) is 0 Å². The molecule has 2 nitrogen and oxygen atoms in total. The topological polar surface area (TPSA) is 29.1 Å². The van der Waals surface area contributed by atoms with Crippen LogP contribution in [0.2, 0.25) is 5.02 Å². The molecule has 0 bridgehead atoms. The summed E-state index contributed by atoms with van der Waals surface area (Å²) in [6.07, 6.45) is 1.90. The van der Waals surface area contributed by atoms with E-state index in [-0.39, 0.29) is 23.4 Å². The minimum absolute atomic E-state index is 0.00868. The number of benzene rings is 1. The summed E-state index contributed by atoms with van der Waals surface area (Å²) in [7, 11) is 0. The zero-order chi connectivity index (χ0) is 10.8.